The van der Waals surface area contributed by atoms with Gasteiger partial charge in [-0.3, -0.25) is 4.79 Å². The Morgan fingerprint density at radius 1 is 1.40 bits per heavy atom. The molecule has 110 valence electrons. The third kappa shape index (κ3) is 3.00. The summed E-state index contributed by atoms with van der Waals surface area (Å²) < 4.78 is 28.3. The minimum atomic E-state index is -2.82. The van der Waals surface area contributed by atoms with Gasteiger partial charge in [-0.05, 0) is 29.9 Å². The molecule has 0 bridgehead atoms. The predicted molar refractivity (Wildman–Crippen MR) is 73.2 cm³/mol. The maximum absolute atomic E-state index is 14.1. The van der Waals surface area contributed by atoms with Crippen LogP contribution in [0.1, 0.15) is 56.1 Å². The molecule has 1 aromatic rings. The fourth-order valence-electron chi connectivity index (χ4n) is 2.85. The lowest BCUT2D eigenvalue weighted by atomic mass is 9.75. The largest absolute Gasteiger partial charge is 0.481 e. The molecule has 1 N–H and O–H groups in total. The number of rotatable bonds is 3. The number of carboxylic acids is 1. The van der Waals surface area contributed by atoms with Crippen LogP contribution in [0.4, 0.5) is 8.78 Å². The Morgan fingerprint density at radius 2 is 2.10 bits per heavy atom. The third-order valence-corrected chi connectivity index (χ3v) is 4.19. The Kier molecular flexibility index (Phi) is 4.11. The van der Waals surface area contributed by atoms with Crippen LogP contribution in [0.3, 0.4) is 0 Å². The summed E-state index contributed by atoms with van der Waals surface area (Å²) in [6, 6.07) is 7.19. The quantitative estimate of drug-likeness (QED) is 0.891. The zero-order chi connectivity index (χ0) is 14.9. The smallest absolute Gasteiger partial charge is 0.306 e. The summed E-state index contributed by atoms with van der Waals surface area (Å²) in [7, 11) is 0. The van der Waals surface area contributed by atoms with Gasteiger partial charge in [-0.15, -0.1) is 0 Å². The maximum atomic E-state index is 14.1. The van der Waals surface area contributed by atoms with Gasteiger partial charge in [0.1, 0.15) is 0 Å². The van der Waals surface area contributed by atoms with Crippen molar-refractivity contribution in [2.24, 2.45) is 5.92 Å². The van der Waals surface area contributed by atoms with Gasteiger partial charge < -0.3 is 5.11 Å². The molecular formula is C16H20F2O2. The fraction of sp³-hybridized carbons (Fsp3) is 0.562. The maximum Gasteiger partial charge on any atom is 0.306 e. The highest BCUT2D eigenvalue weighted by molar-refractivity contribution is 5.70. The van der Waals surface area contributed by atoms with Gasteiger partial charge in [-0.1, -0.05) is 38.1 Å². The van der Waals surface area contributed by atoms with Crippen LogP contribution in [0, 0.1) is 5.92 Å². The Labute approximate surface area is 117 Å². The van der Waals surface area contributed by atoms with Gasteiger partial charge in [0.05, 0.1) is 5.92 Å². The van der Waals surface area contributed by atoms with Crippen LogP contribution in [0.2, 0.25) is 0 Å². The standard InChI is InChI=1S/C16H20F2O2/c1-10(2)11-4-3-5-12(8-11)14-9-13(15(19)20)6-7-16(14,17)18/h3-5,8,10,13-14H,6-7,9H2,1-2H3,(H,19,20). The van der Waals surface area contributed by atoms with Crippen molar-refractivity contribution in [3.05, 3.63) is 35.4 Å². The molecule has 1 fully saturated rings. The second kappa shape index (κ2) is 5.51. The molecule has 1 aliphatic carbocycles. The van der Waals surface area contributed by atoms with Crippen molar-refractivity contribution >= 4 is 5.97 Å². The highest BCUT2D eigenvalue weighted by Crippen LogP contribution is 2.47. The summed E-state index contributed by atoms with van der Waals surface area (Å²) in [4.78, 5) is 11.1. The number of alkyl halides is 2. The van der Waals surface area contributed by atoms with Crippen LogP contribution < -0.4 is 0 Å². The van der Waals surface area contributed by atoms with Crippen molar-refractivity contribution < 1.29 is 18.7 Å². The SMILES string of the molecule is CC(C)c1cccc(C2CC(C(=O)O)CCC2(F)F)c1. The average Bonchev–Trinajstić information content (AvgIpc) is 2.38. The summed E-state index contributed by atoms with van der Waals surface area (Å²) in [6.45, 7) is 4.02. The lowest BCUT2D eigenvalue weighted by Gasteiger charge is -2.35. The van der Waals surface area contributed by atoms with E-state index in [1.54, 1.807) is 18.2 Å². The molecule has 2 atom stereocenters. The first-order valence-corrected chi connectivity index (χ1v) is 7.01. The molecule has 1 aromatic carbocycles. The zero-order valence-corrected chi connectivity index (χ0v) is 11.8. The van der Waals surface area contributed by atoms with E-state index in [0.717, 1.165) is 5.56 Å². The van der Waals surface area contributed by atoms with E-state index >= 15 is 0 Å². The highest BCUT2D eigenvalue weighted by Gasteiger charge is 2.46. The summed E-state index contributed by atoms with van der Waals surface area (Å²) in [5.41, 5.74) is 1.57. The van der Waals surface area contributed by atoms with Crippen LogP contribution in [0.15, 0.2) is 24.3 Å². The van der Waals surface area contributed by atoms with E-state index in [1.807, 2.05) is 19.9 Å². The molecule has 0 radical (unpaired) electrons. The highest BCUT2D eigenvalue weighted by atomic mass is 19.3. The van der Waals surface area contributed by atoms with E-state index < -0.39 is 23.7 Å². The molecule has 1 saturated carbocycles. The lowest BCUT2D eigenvalue weighted by Crippen LogP contribution is -2.36. The van der Waals surface area contributed by atoms with Crippen molar-refractivity contribution in [3.8, 4) is 0 Å². The minimum absolute atomic E-state index is 0.0177. The number of halogens is 2. The summed E-state index contributed by atoms with van der Waals surface area (Å²) in [5, 5.41) is 9.07. The number of hydrogen-bond acceptors (Lipinski definition) is 1. The van der Waals surface area contributed by atoms with Crippen LogP contribution >= 0.6 is 0 Å². The number of benzene rings is 1. The van der Waals surface area contributed by atoms with Crippen LogP contribution in [0.5, 0.6) is 0 Å². The van der Waals surface area contributed by atoms with Gasteiger partial charge in [0.15, 0.2) is 0 Å². The molecule has 0 aliphatic heterocycles. The van der Waals surface area contributed by atoms with E-state index in [0.29, 0.717) is 5.56 Å². The van der Waals surface area contributed by atoms with Gasteiger partial charge >= 0.3 is 5.97 Å². The monoisotopic (exact) mass is 282 g/mol. The molecule has 4 heteroatoms. The predicted octanol–water partition coefficient (Wildman–Crippen LogP) is 4.41. The Morgan fingerprint density at radius 3 is 2.70 bits per heavy atom. The average molecular weight is 282 g/mol. The Balaban J connectivity index is 2.32. The summed E-state index contributed by atoms with van der Waals surface area (Å²) in [5.74, 6) is -5.17. The summed E-state index contributed by atoms with van der Waals surface area (Å²) >= 11 is 0. The van der Waals surface area contributed by atoms with E-state index in [-0.39, 0.29) is 25.2 Å². The van der Waals surface area contributed by atoms with Gasteiger partial charge in [0, 0.05) is 12.3 Å². The van der Waals surface area contributed by atoms with E-state index in [4.69, 9.17) is 5.11 Å². The zero-order valence-electron chi connectivity index (χ0n) is 11.8. The van der Waals surface area contributed by atoms with E-state index in [9.17, 15) is 13.6 Å². The summed E-state index contributed by atoms with van der Waals surface area (Å²) in [6.07, 6.45) is -0.271. The van der Waals surface area contributed by atoms with Crippen molar-refractivity contribution in [1.29, 1.82) is 0 Å². The van der Waals surface area contributed by atoms with Crippen LogP contribution in [-0.4, -0.2) is 17.0 Å². The van der Waals surface area contributed by atoms with Crippen LogP contribution in [0.25, 0.3) is 0 Å². The van der Waals surface area contributed by atoms with Gasteiger partial charge in [0.25, 0.3) is 5.92 Å². The molecular weight excluding hydrogens is 262 g/mol. The van der Waals surface area contributed by atoms with Gasteiger partial charge in [-0.2, -0.15) is 0 Å². The number of carbonyl (C=O) groups is 1. The van der Waals surface area contributed by atoms with Crippen molar-refractivity contribution in [1.82, 2.24) is 0 Å². The molecule has 2 unspecified atom stereocenters. The second-order valence-corrected chi connectivity index (χ2v) is 5.95. The molecule has 0 spiro atoms. The first-order valence-electron chi connectivity index (χ1n) is 7.01. The number of hydrogen-bond donors (Lipinski definition) is 1. The molecule has 0 heterocycles. The van der Waals surface area contributed by atoms with Crippen LogP contribution in [-0.2, 0) is 4.79 Å². The van der Waals surface area contributed by atoms with E-state index in [2.05, 4.69) is 0 Å². The molecule has 0 amide bonds. The van der Waals surface area contributed by atoms with Gasteiger partial charge in [0.2, 0.25) is 0 Å². The number of aliphatic carboxylic acids is 1. The molecule has 0 aromatic heterocycles. The molecule has 20 heavy (non-hydrogen) atoms. The van der Waals surface area contributed by atoms with Crippen molar-refractivity contribution in [2.45, 2.75) is 50.9 Å². The topological polar surface area (TPSA) is 37.3 Å². The van der Waals surface area contributed by atoms with Crippen molar-refractivity contribution in [3.63, 3.8) is 0 Å². The molecule has 2 nitrogen and oxygen atoms in total. The second-order valence-electron chi connectivity index (χ2n) is 5.95. The lowest BCUT2D eigenvalue weighted by molar-refractivity contribution is -0.147. The molecule has 0 saturated heterocycles. The minimum Gasteiger partial charge on any atom is -0.481 e. The fourth-order valence-corrected chi connectivity index (χ4v) is 2.85. The van der Waals surface area contributed by atoms with E-state index in [1.165, 1.54) is 0 Å². The first kappa shape index (κ1) is 14.9. The van der Waals surface area contributed by atoms with Gasteiger partial charge in [-0.25, -0.2) is 8.78 Å². The molecule has 2 rings (SSSR count). The first-order chi connectivity index (χ1) is 9.31. The normalized spacial score (nSPS) is 25.6. The molecule has 1 aliphatic rings. The Bertz CT molecular complexity index is 497. The third-order valence-electron chi connectivity index (χ3n) is 4.19. The number of carboxylic acid groups (broad SMARTS) is 1. The van der Waals surface area contributed by atoms with Crippen molar-refractivity contribution in [2.75, 3.05) is 0 Å². The Hall–Kier alpha value is -1.45.